The van der Waals surface area contributed by atoms with E-state index in [9.17, 15) is 5.11 Å². The molecular weight excluding hydrogens is 392 g/mol. The highest BCUT2D eigenvalue weighted by Crippen LogP contribution is 2.20. The summed E-state index contributed by atoms with van der Waals surface area (Å²) < 4.78 is 3.05. The number of nitrogens with zero attached hydrogens (tertiary/aromatic N) is 2. The topological polar surface area (TPSA) is 62.1 Å². The summed E-state index contributed by atoms with van der Waals surface area (Å²) in [5, 5.41) is 21.2. The van der Waals surface area contributed by atoms with E-state index in [1.807, 2.05) is 23.7 Å². The number of hydrogen-bond donors (Lipinski definition) is 3. The quantitative estimate of drug-likeness (QED) is 0.701. The van der Waals surface area contributed by atoms with Crippen LogP contribution in [0.5, 0.6) is 0 Å². The van der Waals surface area contributed by atoms with Crippen LogP contribution in [0.15, 0.2) is 28.7 Å². The van der Waals surface area contributed by atoms with E-state index in [-0.39, 0.29) is 24.4 Å². The average Bonchev–Trinajstić information content (AvgIpc) is 3.06. The molecule has 1 aromatic carbocycles. The fourth-order valence-electron chi connectivity index (χ4n) is 3.07. The number of benzene rings is 1. The molecule has 2 unspecified atom stereocenters. The van der Waals surface area contributed by atoms with Crippen molar-refractivity contribution < 1.29 is 5.11 Å². The van der Waals surface area contributed by atoms with Crippen molar-refractivity contribution in [2.45, 2.75) is 26.5 Å². The van der Waals surface area contributed by atoms with Gasteiger partial charge in [0.15, 0.2) is 0 Å². The lowest BCUT2D eigenvalue weighted by Gasteiger charge is -2.14. The molecule has 2 atom stereocenters. The standard InChI is InChI=1S/C17H23BrN4O.ClH/c1-11-16(9-19-7-13-8-20-10-17(13)23)12(2)22(21-11)15-5-3-14(18)4-6-15;/h3-6,13,17,19-20,23H,7-10H2,1-2H3;1H. The summed E-state index contributed by atoms with van der Waals surface area (Å²) in [5.74, 6) is 0.289. The van der Waals surface area contributed by atoms with Gasteiger partial charge < -0.3 is 15.7 Å². The predicted octanol–water partition coefficient (Wildman–Crippen LogP) is 2.34. The highest BCUT2D eigenvalue weighted by atomic mass is 79.9. The van der Waals surface area contributed by atoms with Crippen molar-refractivity contribution in [3.63, 3.8) is 0 Å². The maximum atomic E-state index is 9.85. The van der Waals surface area contributed by atoms with E-state index >= 15 is 0 Å². The number of rotatable bonds is 5. The minimum absolute atomic E-state index is 0. The highest BCUT2D eigenvalue weighted by molar-refractivity contribution is 9.10. The third kappa shape index (κ3) is 4.18. The third-order valence-corrected chi connectivity index (χ3v) is 5.05. The van der Waals surface area contributed by atoms with E-state index in [2.05, 4.69) is 50.7 Å². The van der Waals surface area contributed by atoms with Crippen LogP contribution in [0.25, 0.3) is 5.69 Å². The van der Waals surface area contributed by atoms with Gasteiger partial charge in [0.05, 0.1) is 17.5 Å². The van der Waals surface area contributed by atoms with Crippen molar-refractivity contribution in [3.05, 3.63) is 45.7 Å². The van der Waals surface area contributed by atoms with Crippen molar-refractivity contribution in [1.29, 1.82) is 0 Å². The molecular formula is C17H24BrClN4O. The monoisotopic (exact) mass is 414 g/mol. The molecule has 1 saturated heterocycles. The van der Waals surface area contributed by atoms with Crippen molar-refractivity contribution in [3.8, 4) is 5.69 Å². The zero-order valence-corrected chi connectivity index (χ0v) is 16.3. The van der Waals surface area contributed by atoms with Crippen molar-refractivity contribution in [2.24, 2.45) is 5.92 Å². The molecule has 3 rings (SSSR count). The van der Waals surface area contributed by atoms with Gasteiger partial charge in [-0.05, 0) is 38.1 Å². The summed E-state index contributed by atoms with van der Waals surface area (Å²) in [6.07, 6.45) is -0.241. The minimum Gasteiger partial charge on any atom is -0.391 e. The Kier molecular flexibility index (Phi) is 6.83. The summed E-state index contributed by atoms with van der Waals surface area (Å²) in [7, 11) is 0. The van der Waals surface area contributed by atoms with Crippen LogP contribution in [-0.2, 0) is 6.54 Å². The smallest absolute Gasteiger partial charge is 0.0716 e. The second-order valence-corrected chi connectivity index (χ2v) is 7.07. The van der Waals surface area contributed by atoms with E-state index in [1.54, 1.807) is 0 Å². The van der Waals surface area contributed by atoms with Gasteiger partial charge in [0.2, 0.25) is 0 Å². The van der Waals surface area contributed by atoms with Crippen molar-refractivity contribution in [2.75, 3.05) is 19.6 Å². The highest BCUT2D eigenvalue weighted by Gasteiger charge is 2.24. The first kappa shape index (κ1) is 19.4. The Morgan fingerprint density at radius 3 is 2.62 bits per heavy atom. The Bertz CT molecular complexity index is 674. The second-order valence-electron chi connectivity index (χ2n) is 6.15. The van der Waals surface area contributed by atoms with Crippen LogP contribution >= 0.6 is 28.3 Å². The van der Waals surface area contributed by atoms with E-state index in [0.717, 1.165) is 41.2 Å². The van der Waals surface area contributed by atoms with Gasteiger partial charge in [-0.1, -0.05) is 15.9 Å². The molecule has 3 N–H and O–H groups in total. The minimum atomic E-state index is -0.241. The summed E-state index contributed by atoms with van der Waals surface area (Å²) >= 11 is 3.46. The Labute approximate surface area is 157 Å². The van der Waals surface area contributed by atoms with Gasteiger partial charge >= 0.3 is 0 Å². The number of hydrogen-bond acceptors (Lipinski definition) is 4. The molecule has 2 heterocycles. The predicted molar refractivity (Wildman–Crippen MR) is 102 cm³/mol. The van der Waals surface area contributed by atoms with Crippen LogP contribution in [0.1, 0.15) is 17.0 Å². The van der Waals surface area contributed by atoms with Gasteiger partial charge in [-0.2, -0.15) is 5.10 Å². The molecule has 2 aromatic rings. The number of aliphatic hydroxyl groups is 1. The maximum absolute atomic E-state index is 9.85. The summed E-state index contributed by atoms with van der Waals surface area (Å²) in [5.41, 5.74) is 4.49. The SMILES string of the molecule is Cc1nn(-c2ccc(Br)cc2)c(C)c1CNCC1CNCC1O.Cl. The van der Waals surface area contributed by atoms with Gasteiger partial charge in [0, 0.05) is 47.8 Å². The molecule has 0 amide bonds. The molecule has 7 heteroatoms. The molecule has 1 aliphatic rings. The Balaban J connectivity index is 0.00000208. The van der Waals surface area contributed by atoms with Crippen LogP contribution in [0.3, 0.4) is 0 Å². The number of aromatic nitrogens is 2. The van der Waals surface area contributed by atoms with Gasteiger partial charge in [0.25, 0.3) is 0 Å². The zero-order chi connectivity index (χ0) is 16.4. The van der Waals surface area contributed by atoms with Crippen LogP contribution < -0.4 is 10.6 Å². The average molecular weight is 416 g/mol. The van der Waals surface area contributed by atoms with E-state index in [0.29, 0.717) is 6.54 Å². The van der Waals surface area contributed by atoms with Crippen LogP contribution in [0, 0.1) is 19.8 Å². The molecule has 0 spiro atoms. The second kappa shape index (κ2) is 8.45. The fraction of sp³-hybridized carbons (Fsp3) is 0.471. The number of nitrogens with one attached hydrogen (secondary N) is 2. The van der Waals surface area contributed by atoms with Gasteiger partial charge in [-0.25, -0.2) is 4.68 Å². The molecule has 24 heavy (non-hydrogen) atoms. The lowest BCUT2D eigenvalue weighted by Crippen LogP contribution is -2.30. The maximum Gasteiger partial charge on any atom is 0.0716 e. The van der Waals surface area contributed by atoms with Crippen molar-refractivity contribution in [1.82, 2.24) is 20.4 Å². The van der Waals surface area contributed by atoms with Crippen LogP contribution in [-0.4, -0.2) is 40.6 Å². The number of aliphatic hydroxyl groups excluding tert-OH is 1. The summed E-state index contributed by atoms with van der Waals surface area (Å²) in [4.78, 5) is 0. The first-order valence-electron chi connectivity index (χ1n) is 7.97. The first-order chi connectivity index (χ1) is 11.1. The summed E-state index contributed by atoms with van der Waals surface area (Å²) in [6, 6.07) is 8.17. The summed E-state index contributed by atoms with van der Waals surface area (Å²) in [6.45, 7) is 7.32. The normalized spacial score (nSPS) is 20.2. The fourth-order valence-corrected chi connectivity index (χ4v) is 3.34. The zero-order valence-electron chi connectivity index (χ0n) is 13.9. The Hall–Kier alpha value is -0.920. The van der Waals surface area contributed by atoms with E-state index in [1.165, 1.54) is 5.56 Å². The molecule has 0 radical (unpaired) electrons. The lowest BCUT2D eigenvalue weighted by molar-refractivity contribution is 0.146. The number of β-amino-alcohol motifs (C(OH)–C–C–N with tert-alkyl or cyclic N) is 1. The molecule has 132 valence electrons. The molecule has 5 nitrogen and oxygen atoms in total. The lowest BCUT2D eigenvalue weighted by atomic mass is 10.1. The molecule has 0 aliphatic carbocycles. The molecule has 1 aromatic heterocycles. The number of halogens is 2. The largest absolute Gasteiger partial charge is 0.391 e. The number of aryl methyl sites for hydroxylation is 1. The van der Waals surface area contributed by atoms with Gasteiger partial charge in [0.1, 0.15) is 0 Å². The van der Waals surface area contributed by atoms with Gasteiger partial charge in [-0.15, -0.1) is 12.4 Å². The molecule has 0 saturated carbocycles. The van der Waals surface area contributed by atoms with Crippen molar-refractivity contribution >= 4 is 28.3 Å². The van der Waals surface area contributed by atoms with E-state index < -0.39 is 0 Å². The first-order valence-corrected chi connectivity index (χ1v) is 8.76. The van der Waals surface area contributed by atoms with E-state index in [4.69, 9.17) is 0 Å². The van der Waals surface area contributed by atoms with Crippen LogP contribution in [0.2, 0.25) is 0 Å². The third-order valence-electron chi connectivity index (χ3n) is 4.52. The van der Waals surface area contributed by atoms with Gasteiger partial charge in [-0.3, -0.25) is 0 Å². The molecule has 1 fully saturated rings. The Morgan fingerprint density at radius 1 is 1.29 bits per heavy atom. The Morgan fingerprint density at radius 2 is 2.00 bits per heavy atom. The molecule has 1 aliphatic heterocycles. The van der Waals surface area contributed by atoms with Crippen LogP contribution in [0.4, 0.5) is 0 Å². The molecule has 0 bridgehead atoms.